The molecule has 0 saturated carbocycles. The van der Waals surface area contributed by atoms with E-state index in [1.807, 2.05) is 13.8 Å². The van der Waals surface area contributed by atoms with Crippen molar-refractivity contribution in [1.82, 2.24) is 10.2 Å². The first-order valence-corrected chi connectivity index (χ1v) is 3.51. The summed E-state index contributed by atoms with van der Waals surface area (Å²) in [6, 6.07) is -0.693. The minimum absolute atomic E-state index is 0.0579. The van der Waals surface area contributed by atoms with Crippen LogP contribution in [0.5, 0.6) is 0 Å². The van der Waals surface area contributed by atoms with Gasteiger partial charge in [0.15, 0.2) is 5.96 Å². The lowest BCUT2D eigenvalue weighted by molar-refractivity contribution is 0.251. The second kappa shape index (κ2) is 4.54. The van der Waals surface area contributed by atoms with Gasteiger partial charge in [0, 0.05) is 13.1 Å². The van der Waals surface area contributed by atoms with Gasteiger partial charge in [0.1, 0.15) is 0 Å². The maximum absolute atomic E-state index is 10.3. The van der Waals surface area contributed by atoms with Crippen molar-refractivity contribution >= 4 is 12.0 Å². The second-order valence-corrected chi connectivity index (χ2v) is 2.01. The number of hydrogen-bond donors (Lipinski definition) is 3. The molecule has 5 nitrogen and oxygen atoms in total. The molecular formula is C6H14N4O. The zero-order valence-electron chi connectivity index (χ0n) is 6.85. The quantitative estimate of drug-likeness (QED) is 0.388. The van der Waals surface area contributed by atoms with Crippen molar-refractivity contribution in [3.05, 3.63) is 0 Å². The predicted octanol–water partition coefficient (Wildman–Crippen LogP) is -0.0687. The summed E-state index contributed by atoms with van der Waals surface area (Å²) >= 11 is 0. The van der Waals surface area contributed by atoms with Crippen LogP contribution >= 0.6 is 0 Å². The lowest BCUT2D eigenvalue weighted by atomic mass is 10.5. The molecule has 0 saturated heterocycles. The van der Waals surface area contributed by atoms with E-state index in [1.165, 1.54) is 0 Å². The van der Waals surface area contributed by atoms with Crippen LogP contribution in [0.1, 0.15) is 13.8 Å². The lowest BCUT2D eigenvalue weighted by Gasteiger charge is -2.20. The van der Waals surface area contributed by atoms with Gasteiger partial charge in [-0.2, -0.15) is 0 Å². The Kier molecular flexibility index (Phi) is 4.02. The van der Waals surface area contributed by atoms with E-state index in [2.05, 4.69) is 5.32 Å². The topological polar surface area (TPSA) is 82.2 Å². The summed E-state index contributed by atoms with van der Waals surface area (Å²) in [6.07, 6.45) is 0. The van der Waals surface area contributed by atoms with Gasteiger partial charge in [0.25, 0.3) is 0 Å². The van der Waals surface area contributed by atoms with Gasteiger partial charge in [0.05, 0.1) is 0 Å². The van der Waals surface area contributed by atoms with Crippen molar-refractivity contribution in [2.75, 3.05) is 13.1 Å². The first-order valence-electron chi connectivity index (χ1n) is 3.51. The van der Waals surface area contributed by atoms with Crippen molar-refractivity contribution in [3.8, 4) is 0 Å². The van der Waals surface area contributed by atoms with E-state index < -0.39 is 6.03 Å². The molecule has 0 fully saturated rings. The molecule has 0 unspecified atom stereocenters. The largest absolute Gasteiger partial charge is 0.351 e. The minimum Gasteiger partial charge on any atom is -0.351 e. The Morgan fingerprint density at radius 1 is 1.55 bits per heavy atom. The summed E-state index contributed by atoms with van der Waals surface area (Å²) in [7, 11) is 0. The van der Waals surface area contributed by atoms with Gasteiger partial charge in [-0.25, -0.2) is 4.79 Å². The Morgan fingerprint density at radius 3 is 2.27 bits per heavy atom. The van der Waals surface area contributed by atoms with Crippen LogP contribution in [0.4, 0.5) is 4.79 Å². The fourth-order valence-electron chi connectivity index (χ4n) is 0.736. The van der Waals surface area contributed by atoms with Crippen LogP contribution in [0.3, 0.4) is 0 Å². The Bertz CT molecular complexity index is 153. The van der Waals surface area contributed by atoms with Crippen LogP contribution in [-0.4, -0.2) is 30.0 Å². The van der Waals surface area contributed by atoms with E-state index in [0.717, 1.165) is 0 Å². The van der Waals surface area contributed by atoms with Crippen molar-refractivity contribution in [1.29, 1.82) is 5.41 Å². The molecule has 0 aliphatic heterocycles. The number of nitrogens with two attached hydrogens (primary N) is 1. The third kappa shape index (κ3) is 3.44. The molecule has 0 bridgehead atoms. The Balaban J connectivity index is 3.89. The SMILES string of the molecule is CCN(CC)C(=N)NC(N)=O. The number of primary amides is 1. The Morgan fingerprint density at radius 2 is 2.00 bits per heavy atom. The van der Waals surface area contributed by atoms with E-state index in [9.17, 15) is 4.79 Å². The minimum atomic E-state index is -0.693. The highest BCUT2D eigenvalue weighted by Crippen LogP contribution is 1.84. The molecule has 0 heterocycles. The number of rotatable bonds is 2. The first-order chi connectivity index (χ1) is 5.11. The maximum atomic E-state index is 10.3. The molecule has 0 aliphatic carbocycles. The fraction of sp³-hybridized carbons (Fsp3) is 0.667. The van der Waals surface area contributed by atoms with E-state index in [1.54, 1.807) is 4.90 Å². The number of nitrogens with one attached hydrogen (secondary N) is 2. The van der Waals surface area contributed by atoms with E-state index >= 15 is 0 Å². The van der Waals surface area contributed by atoms with Crippen LogP contribution in [0.25, 0.3) is 0 Å². The van der Waals surface area contributed by atoms with Crippen LogP contribution in [0.2, 0.25) is 0 Å². The van der Waals surface area contributed by atoms with E-state index in [0.29, 0.717) is 13.1 Å². The van der Waals surface area contributed by atoms with Crippen LogP contribution in [0.15, 0.2) is 0 Å². The summed E-state index contributed by atoms with van der Waals surface area (Å²) in [5, 5.41) is 9.48. The van der Waals surface area contributed by atoms with Crippen molar-refractivity contribution in [2.24, 2.45) is 5.73 Å². The molecule has 2 amide bonds. The lowest BCUT2D eigenvalue weighted by Crippen LogP contribution is -2.45. The van der Waals surface area contributed by atoms with Gasteiger partial charge < -0.3 is 10.6 Å². The Hall–Kier alpha value is -1.26. The highest BCUT2D eigenvalue weighted by atomic mass is 16.2. The van der Waals surface area contributed by atoms with Crippen molar-refractivity contribution in [2.45, 2.75) is 13.8 Å². The number of amides is 2. The smallest absolute Gasteiger partial charge is 0.318 e. The maximum Gasteiger partial charge on any atom is 0.318 e. The summed E-state index contributed by atoms with van der Waals surface area (Å²) < 4.78 is 0. The molecule has 0 aromatic carbocycles. The van der Waals surface area contributed by atoms with Gasteiger partial charge in [-0.15, -0.1) is 0 Å². The summed E-state index contributed by atoms with van der Waals surface area (Å²) in [5.74, 6) is 0.0579. The molecule has 0 rings (SSSR count). The van der Waals surface area contributed by atoms with Crippen LogP contribution in [-0.2, 0) is 0 Å². The third-order valence-corrected chi connectivity index (χ3v) is 1.32. The molecule has 0 aliphatic rings. The molecule has 0 atom stereocenters. The molecule has 64 valence electrons. The van der Waals surface area contributed by atoms with Crippen LogP contribution in [0, 0.1) is 5.41 Å². The van der Waals surface area contributed by atoms with Gasteiger partial charge >= 0.3 is 6.03 Å². The molecule has 5 heteroatoms. The summed E-state index contributed by atoms with van der Waals surface area (Å²) in [6.45, 7) is 5.19. The van der Waals surface area contributed by atoms with Gasteiger partial charge in [-0.1, -0.05) is 0 Å². The zero-order valence-corrected chi connectivity index (χ0v) is 6.85. The number of urea groups is 1. The summed E-state index contributed by atoms with van der Waals surface area (Å²) in [5.41, 5.74) is 4.82. The average Bonchev–Trinajstić information content (AvgIpc) is 1.88. The molecule has 0 aromatic heterocycles. The highest BCUT2D eigenvalue weighted by molar-refractivity contribution is 5.93. The number of carbonyl (C=O) groups is 1. The fourth-order valence-corrected chi connectivity index (χ4v) is 0.736. The number of guanidine groups is 1. The normalized spacial score (nSPS) is 8.91. The second-order valence-electron chi connectivity index (χ2n) is 2.01. The Labute approximate surface area is 66.1 Å². The van der Waals surface area contributed by atoms with Crippen LogP contribution < -0.4 is 11.1 Å². The molecular weight excluding hydrogens is 144 g/mol. The van der Waals surface area contributed by atoms with Gasteiger partial charge in [-0.05, 0) is 13.8 Å². The van der Waals surface area contributed by atoms with E-state index in [4.69, 9.17) is 11.1 Å². The molecule has 0 spiro atoms. The first kappa shape index (κ1) is 9.74. The van der Waals surface area contributed by atoms with Gasteiger partial charge in [0.2, 0.25) is 0 Å². The van der Waals surface area contributed by atoms with Gasteiger partial charge in [-0.3, -0.25) is 10.7 Å². The predicted molar refractivity (Wildman–Crippen MR) is 43.4 cm³/mol. The third-order valence-electron chi connectivity index (χ3n) is 1.32. The average molecular weight is 158 g/mol. The monoisotopic (exact) mass is 158 g/mol. The standard InChI is InChI=1S/C6H14N4O/c1-3-10(4-2)5(7)9-6(8)11/h3-4H2,1-2H3,(H4,7,8,9,11). The van der Waals surface area contributed by atoms with E-state index in [-0.39, 0.29) is 5.96 Å². The number of hydrogen-bond acceptors (Lipinski definition) is 2. The summed E-state index contributed by atoms with van der Waals surface area (Å²) in [4.78, 5) is 12.0. The molecule has 0 aromatic rings. The van der Waals surface area contributed by atoms with Crippen molar-refractivity contribution in [3.63, 3.8) is 0 Å². The zero-order chi connectivity index (χ0) is 8.85. The highest BCUT2D eigenvalue weighted by Gasteiger charge is 2.05. The molecule has 0 radical (unpaired) electrons. The number of carbonyl (C=O) groups excluding carboxylic acids is 1. The molecule has 11 heavy (non-hydrogen) atoms. The molecule has 4 N–H and O–H groups in total. The number of nitrogens with zero attached hydrogens (tertiary/aromatic N) is 1. The van der Waals surface area contributed by atoms with Crippen molar-refractivity contribution < 1.29 is 4.79 Å².